The largest absolute Gasteiger partial charge is 0.255 e. The highest BCUT2D eigenvalue weighted by atomic mass is 27.1. The fourth-order valence-electron chi connectivity index (χ4n) is 0.763. The molecule has 0 aromatic heterocycles. The van der Waals surface area contributed by atoms with Gasteiger partial charge in [0.15, 0.2) is 0 Å². The molecular weight excluding hydrogens is 155 g/mol. The molecule has 0 amide bonds. The molecule has 0 aliphatic carbocycles. The Bertz CT molecular complexity index is 57.1. The van der Waals surface area contributed by atoms with E-state index in [-0.39, 0.29) is 0 Å². The van der Waals surface area contributed by atoms with Crippen LogP contribution in [0.15, 0.2) is 0 Å². The number of hydrogen-bond acceptors (Lipinski definition) is 2. The summed E-state index contributed by atoms with van der Waals surface area (Å²) in [5.74, 6) is 1.86. The predicted molar refractivity (Wildman–Crippen MR) is 50.3 cm³/mol. The molecule has 0 aliphatic rings. The molecule has 0 aromatic carbocycles. The van der Waals surface area contributed by atoms with Gasteiger partial charge in [-0.1, -0.05) is 39.5 Å². The van der Waals surface area contributed by atoms with Gasteiger partial charge in [-0.25, -0.2) is 0 Å². The molecule has 3 heteroatoms. The molecule has 0 atom stereocenters. The molecule has 0 heterocycles. The minimum atomic E-state index is 0.755. The van der Waals surface area contributed by atoms with Gasteiger partial charge < -0.3 is 0 Å². The Morgan fingerprint density at radius 2 is 1.18 bits per heavy atom. The van der Waals surface area contributed by atoms with E-state index in [1.807, 2.05) is 0 Å². The third-order valence-electron chi connectivity index (χ3n) is 1.28. The van der Waals surface area contributed by atoms with Crippen LogP contribution in [0.2, 0.25) is 10.6 Å². The molecule has 0 aromatic rings. The lowest BCUT2D eigenvalue weighted by molar-refractivity contribution is -0.176. The Hall–Kier alpha value is 0.452. The molecule has 67 valence electrons. The summed E-state index contributed by atoms with van der Waals surface area (Å²) in [4.78, 5) is 0. The Morgan fingerprint density at radius 3 is 1.36 bits per heavy atom. The first-order valence-corrected chi connectivity index (χ1v) is 5.78. The monoisotopic (exact) mass is 175 g/mol. The molecule has 0 unspecified atom stereocenters. The quantitative estimate of drug-likeness (QED) is 0.392. The summed E-state index contributed by atoms with van der Waals surface area (Å²) in [7, 11) is 0. The van der Waals surface area contributed by atoms with Crippen molar-refractivity contribution in [1.29, 1.82) is 0 Å². The fraction of sp³-hybridized carbons (Fsp3) is 1.00. The minimum Gasteiger partial charge on any atom is -0.255 e. The van der Waals surface area contributed by atoms with Gasteiger partial charge in [0.2, 0.25) is 15.2 Å². The van der Waals surface area contributed by atoms with Crippen molar-refractivity contribution in [2.24, 2.45) is 11.8 Å². The Kier molecular flexibility index (Phi) is 13.3. The summed E-state index contributed by atoms with van der Waals surface area (Å²) < 4.78 is 0. The Morgan fingerprint density at radius 1 is 0.909 bits per heavy atom. The third kappa shape index (κ3) is 17.9. The lowest BCUT2D eigenvalue weighted by Crippen LogP contribution is -1.99. The van der Waals surface area contributed by atoms with Gasteiger partial charge in [0.25, 0.3) is 0 Å². The highest BCUT2D eigenvalue weighted by Crippen LogP contribution is 2.05. The highest BCUT2D eigenvalue weighted by molar-refractivity contribution is 6.35. The maximum Gasteiger partial charge on any atom is 0.200 e. The van der Waals surface area contributed by atoms with Crippen LogP contribution in [0.25, 0.3) is 0 Å². The maximum absolute atomic E-state index is 6.00. The lowest BCUT2D eigenvalue weighted by atomic mass is 10.3. The van der Waals surface area contributed by atoms with Crippen LogP contribution in [0.1, 0.15) is 27.7 Å². The summed E-state index contributed by atoms with van der Waals surface area (Å²) >= 11 is 0.755. The zero-order valence-electron chi connectivity index (χ0n) is 8.04. The molecule has 0 fully saturated rings. The molecule has 0 bridgehead atoms. The van der Waals surface area contributed by atoms with E-state index in [0.717, 1.165) is 27.1 Å². The molecule has 0 saturated heterocycles. The first-order valence-electron chi connectivity index (χ1n) is 4.14. The summed E-state index contributed by atoms with van der Waals surface area (Å²) in [6.07, 6.45) is 0. The van der Waals surface area contributed by atoms with Gasteiger partial charge in [-0.2, -0.15) is 0 Å². The Labute approximate surface area is 76.3 Å². The van der Waals surface area contributed by atoms with Crippen LogP contribution in [-0.4, -0.2) is 25.7 Å². The van der Waals surface area contributed by atoms with Crippen molar-refractivity contribution >= 4 is 15.2 Å². The molecule has 2 N–H and O–H groups in total. The lowest BCUT2D eigenvalue weighted by Gasteiger charge is -2.03. The van der Waals surface area contributed by atoms with E-state index in [4.69, 9.17) is 10.5 Å². The van der Waals surface area contributed by atoms with Crippen molar-refractivity contribution in [1.82, 2.24) is 0 Å². The topological polar surface area (TPSA) is 40.5 Å². The van der Waals surface area contributed by atoms with Crippen molar-refractivity contribution in [3.63, 3.8) is 0 Å². The molecule has 0 spiro atoms. The molecule has 1 radical (unpaired) electrons. The predicted octanol–water partition coefficient (Wildman–Crippen LogP) is 2.86. The average molecular weight is 175 g/mol. The van der Waals surface area contributed by atoms with Gasteiger partial charge in [-0.05, 0) is 0 Å². The van der Waals surface area contributed by atoms with E-state index >= 15 is 0 Å². The van der Waals surface area contributed by atoms with Crippen LogP contribution in [0.5, 0.6) is 0 Å². The van der Waals surface area contributed by atoms with Crippen molar-refractivity contribution in [3.8, 4) is 0 Å². The number of hydrogen-bond donors (Lipinski definition) is 2. The van der Waals surface area contributed by atoms with E-state index in [2.05, 4.69) is 27.7 Å². The van der Waals surface area contributed by atoms with Crippen molar-refractivity contribution in [2.45, 2.75) is 38.3 Å². The van der Waals surface area contributed by atoms with E-state index in [9.17, 15) is 0 Å². The molecule has 11 heavy (non-hydrogen) atoms. The van der Waals surface area contributed by atoms with Crippen molar-refractivity contribution in [3.05, 3.63) is 0 Å². The van der Waals surface area contributed by atoms with Gasteiger partial charge in [0.05, 0.1) is 0 Å². The van der Waals surface area contributed by atoms with E-state index < -0.39 is 0 Å². The van der Waals surface area contributed by atoms with Gasteiger partial charge in [0, 0.05) is 0 Å². The molecular formula is C8H20AlO2. The fourth-order valence-corrected chi connectivity index (χ4v) is 2.29. The van der Waals surface area contributed by atoms with Gasteiger partial charge >= 0.3 is 0 Å². The SMILES string of the molecule is CC(C)[CH2][Al][CH2]C(C)C.OO. The zero-order chi connectivity index (χ0) is 9.28. The van der Waals surface area contributed by atoms with E-state index in [0.29, 0.717) is 0 Å². The van der Waals surface area contributed by atoms with Crippen LogP contribution < -0.4 is 0 Å². The second-order valence-electron chi connectivity index (χ2n) is 3.55. The molecule has 0 aliphatic heterocycles. The van der Waals surface area contributed by atoms with Crippen molar-refractivity contribution in [2.75, 3.05) is 0 Å². The first-order chi connectivity index (χ1) is 5.13. The average Bonchev–Trinajstić information content (AvgIpc) is 1.90. The Balaban J connectivity index is 0. The zero-order valence-corrected chi connectivity index (χ0v) is 9.20. The first kappa shape index (κ1) is 14.0. The summed E-state index contributed by atoms with van der Waals surface area (Å²) in [6.45, 7) is 9.25. The van der Waals surface area contributed by atoms with E-state index in [1.165, 1.54) is 10.6 Å². The second-order valence-corrected chi connectivity index (χ2v) is 5.07. The molecule has 0 rings (SSSR count). The van der Waals surface area contributed by atoms with E-state index in [1.54, 1.807) is 0 Å². The minimum absolute atomic E-state index is 0.755. The van der Waals surface area contributed by atoms with Crippen LogP contribution in [-0.2, 0) is 0 Å². The van der Waals surface area contributed by atoms with Gasteiger partial charge in [-0.15, -0.1) is 10.6 Å². The van der Waals surface area contributed by atoms with Crippen LogP contribution in [0.3, 0.4) is 0 Å². The maximum atomic E-state index is 6.00. The molecule has 0 saturated carbocycles. The normalized spacial score (nSPS) is 9.45. The standard InChI is InChI=1S/2C4H9.Al.H2O2/c2*1-4(2)3;;1-2/h2*4H,1H2,2-3H3;;1-2H. The van der Waals surface area contributed by atoms with Gasteiger partial charge in [-0.3, -0.25) is 10.5 Å². The third-order valence-corrected chi connectivity index (χ3v) is 3.83. The summed E-state index contributed by atoms with van der Waals surface area (Å²) in [6, 6.07) is 0. The van der Waals surface area contributed by atoms with Gasteiger partial charge in [0.1, 0.15) is 0 Å². The molecule has 2 nitrogen and oxygen atoms in total. The summed E-state index contributed by atoms with van der Waals surface area (Å²) in [5, 5.41) is 15.0. The second kappa shape index (κ2) is 10.5. The van der Waals surface area contributed by atoms with Crippen LogP contribution in [0, 0.1) is 11.8 Å². The highest BCUT2D eigenvalue weighted by Gasteiger charge is 1.98. The van der Waals surface area contributed by atoms with Crippen LogP contribution in [0.4, 0.5) is 0 Å². The van der Waals surface area contributed by atoms with Crippen LogP contribution >= 0.6 is 0 Å². The van der Waals surface area contributed by atoms with Crippen molar-refractivity contribution < 1.29 is 10.5 Å². The smallest absolute Gasteiger partial charge is 0.200 e. The summed E-state index contributed by atoms with van der Waals surface area (Å²) in [5.41, 5.74) is 0. The number of rotatable bonds is 4.